The smallest absolute Gasteiger partial charge is 0.290 e. The molecule has 0 amide bonds. The third kappa shape index (κ3) is 3.23. The highest BCUT2D eigenvalue weighted by Crippen LogP contribution is 2.59. The highest BCUT2D eigenvalue weighted by molar-refractivity contribution is 6.05. The highest BCUT2D eigenvalue weighted by Gasteiger charge is 2.51. The number of hydrogen-bond donors (Lipinski definition) is 0. The van der Waals surface area contributed by atoms with Crippen molar-refractivity contribution in [3.63, 3.8) is 0 Å². The predicted molar refractivity (Wildman–Crippen MR) is 89.1 cm³/mol. The molecular weight excluding hydrogens is 288 g/mol. The Balaban J connectivity index is 0.000000816. The lowest BCUT2D eigenvalue weighted by molar-refractivity contribution is -0.191. The van der Waals surface area contributed by atoms with Gasteiger partial charge in [0.15, 0.2) is 5.78 Å². The molecule has 3 nitrogen and oxygen atoms in total. The standard InChI is InChI=1S/C19H26O.CO2/c1-7-18(6)15(13(3)4)9-10-19(8-2)12-14(5)16(20)11-17(18)19;2-1-3/h2,11-13,15H,7,9-10H2,1,3-6H3;/t15-,18-,19-;/m0./s1. The lowest BCUT2D eigenvalue weighted by atomic mass is 9.50. The monoisotopic (exact) mass is 314 g/mol. The largest absolute Gasteiger partial charge is 0.373 e. The van der Waals surface area contributed by atoms with E-state index < -0.39 is 0 Å². The quantitative estimate of drug-likeness (QED) is 0.725. The van der Waals surface area contributed by atoms with Gasteiger partial charge < -0.3 is 0 Å². The van der Waals surface area contributed by atoms with Gasteiger partial charge in [0.05, 0.1) is 5.41 Å². The minimum Gasteiger partial charge on any atom is -0.290 e. The minimum absolute atomic E-state index is 0.0334. The Labute approximate surface area is 139 Å². The molecule has 0 aliphatic heterocycles. The zero-order valence-corrected chi connectivity index (χ0v) is 14.7. The summed E-state index contributed by atoms with van der Waals surface area (Å²) >= 11 is 0. The number of carbonyl (C=O) groups excluding carboxylic acids is 3. The third-order valence-corrected chi connectivity index (χ3v) is 5.69. The molecule has 0 bridgehead atoms. The van der Waals surface area contributed by atoms with Crippen molar-refractivity contribution in [3.8, 4) is 12.3 Å². The van der Waals surface area contributed by atoms with E-state index in [1.54, 1.807) is 0 Å². The van der Waals surface area contributed by atoms with Gasteiger partial charge in [0.2, 0.25) is 0 Å². The molecular formula is C20H26O3. The fourth-order valence-electron chi connectivity index (χ4n) is 4.39. The summed E-state index contributed by atoms with van der Waals surface area (Å²) in [6.45, 7) is 11.0. The molecule has 3 atom stereocenters. The second-order valence-corrected chi connectivity index (χ2v) is 7.11. The van der Waals surface area contributed by atoms with Crippen LogP contribution in [-0.2, 0) is 14.4 Å². The molecule has 2 rings (SSSR count). The highest BCUT2D eigenvalue weighted by atomic mass is 16.2. The van der Waals surface area contributed by atoms with Crippen molar-refractivity contribution >= 4 is 11.9 Å². The topological polar surface area (TPSA) is 51.2 Å². The Bertz CT molecular complexity index is 611. The summed E-state index contributed by atoms with van der Waals surface area (Å²) in [7, 11) is 0. The fourth-order valence-corrected chi connectivity index (χ4v) is 4.39. The van der Waals surface area contributed by atoms with E-state index in [-0.39, 0.29) is 22.8 Å². The Hall–Kier alpha value is -1.91. The molecule has 1 saturated carbocycles. The fraction of sp³-hybridized carbons (Fsp3) is 0.600. The molecule has 0 aromatic heterocycles. The average Bonchev–Trinajstić information content (AvgIpc) is 2.50. The summed E-state index contributed by atoms with van der Waals surface area (Å²) in [5.74, 6) is 4.36. The van der Waals surface area contributed by atoms with Gasteiger partial charge in [0.25, 0.3) is 0 Å². The average molecular weight is 314 g/mol. The zero-order valence-electron chi connectivity index (χ0n) is 14.7. The van der Waals surface area contributed by atoms with Crippen LogP contribution in [-0.4, -0.2) is 11.9 Å². The molecule has 0 aromatic carbocycles. The SMILES string of the molecule is C#C[C@]12C=C(C)C(=O)C=C1[C@@](C)(CC)[C@H](C(C)C)CC2.O=C=O. The van der Waals surface area contributed by atoms with E-state index in [9.17, 15) is 4.79 Å². The molecule has 0 heterocycles. The first-order valence-corrected chi connectivity index (χ1v) is 8.15. The van der Waals surface area contributed by atoms with Gasteiger partial charge in [-0.1, -0.05) is 39.7 Å². The maximum absolute atomic E-state index is 12.2. The van der Waals surface area contributed by atoms with Gasteiger partial charge in [0.1, 0.15) is 0 Å². The second-order valence-electron chi connectivity index (χ2n) is 7.11. The molecule has 1 fully saturated rings. The summed E-state index contributed by atoms with van der Waals surface area (Å²) in [6, 6.07) is 0. The molecule has 0 spiro atoms. The first-order chi connectivity index (χ1) is 10.7. The van der Waals surface area contributed by atoms with Gasteiger partial charge in [-0.25, -0.2) is 0 Å². The van der Waals surface area contributed by atoms with Gasteiger partial charge in [0, 0.05) is 0 Å². The van der Waals surface area contributed by atoms with Crippen LogP contribution < -0.4 is 0 Å². The number of ketones is 1. The Kier molecular flexibility index (Phi) is 5.92. The summed E-state index contributed by atoms with van der Waals surface area (Å²) < 4.78 is 0. The number of rotatable bonds is 2. The zero-order chi connectivity index (χ0) is 17.8. The number of allylic oxidation sites excluding steroid dienone is 4. The number of carbonyl (C=O) groups is 1. The number of hydrogen-bond acceptors (Lipinski definition) is 3. The van der Waals surface area contributed by atoms with E-state index >= 15 is 0 Å². The van der Waals surface area contributed by atoms with Crippen molar-refractivity contribution < 1.29 is 14.4 Å². The molecule has 0 N–H and O–H groups in total. The van der Waals surface area contributed by atoms with Gasteiger partial charge in [-0.2, -0.15) is 9.59 Å². The first kappa shape index (κ1) is 19.1. The van der Waals surface area contributed by atoms with E-state index in [0.717, 1.165) is 24.8 Å². The summed E-state index contributed by atoms with van der Waals surface area (Å²) in [6.07, 6.45) is 13.2. The lowest BCUT2D eigenvalue weighted by Crippen LogP contribution is -2.45. The van der Waals surface area contributed by atoms with Crippen LogP contribution in [0.5, 0.6) is 0 Å². The summed E-state index contributed by atoms with van der Waals surface area (Å²) in [4.78, 5) is 28.4. The molecule has 23 heavy (non-hydrogen) atoms. The van der Waals surface area contributed by atoms with Crippen LogP contribution in [0.15, 0.2) is 23.3 Å². The Morgan fingerprint density at radius 1 is 1.39 bits per heavy atom. The van der Waals surface area contributed by atoms with E-state index in [1.807, 2.05) is 13.0 Å². The maximum Gasteiger partial charge on any atom is 0.373 e. The van der Waals surface area contributed by atoms with Crippen molar-refractivity contribution in [3.05, 3.63) is 23.3 Å². The van der Waals surface area contributed by atoms with Crippen LogP contribution in [0, 0.1) is 35.0 Å². The number of terminal acetylenes is 1. The Morgan fingerprint density at radius 2 is 1.96 bits per heavy atom. The van der Waals surface area contributed by atoms with Crippen molar-refractivity contribution in [1.82, 2.24) is 0 Å². The van der Waals surface area contributed by atoms with Gasteiger partial charge in [-0.15, -0.1) is 6.42 Å². The van der Waals surface area contributed by atoms with Crippen molar-refractivity contribution in [1.29, 1.82) is 0 Å². The van der Waals surface area contributed by atoms with Crippen molar-refractivity contribution in [2.75, 3.05) is 0 Å². The number of fused-ring (bicyclic) bond motifs is 1. The normalized spacial score (nSPS) is 32.6. The summed E-state index contributed by atoms with van der Waals surface area (Å²) in [5.41, 5.74) is 1.70. The molecule has 0 unspecified atom stereocenters. The van der Waals surface area contributed by atoms with E-state index in [0.29, 0.717) is 11.8 Å². The molecule has 0 radical (unpaired) electrons. The molecule has 2 aliphatic carbocycles. The van der Waals surface area contributed by atoms with E-state index in [1.165, 1.54) is 5.57 Å². The minimum atomic E-state index is -0.325. The Morgan fingerprint density at radius 3 is 2.39 bits per heavy atom. The van der Waals surface area contributed by atoms with Crippen LogP contribution in [0.1, 0.15) is 53.9 Å². The van der Waals surface area contributed by atoms with Crippen LogP contribution >= 0.6 is 0 Å². The van der Waals surface area contributed by atoms with E-state index in [2.05, 4.69) is 39.7 Å². The van der Waals surface area contributed by atoms with Gasteiger partial charge in [-0.3, -0.25) is 4.79 Å². The second kappa shape index (κ2) is 7.11. The van der Waals surface area contributed by atoms with Gasteiger partial charge in [-0.05, 0) is 60.7 Å². The molecule has 0 aromatic rings. The van der Waals surface area contributed by atoms with Crippen LogP contribution in [0.2, 0.25) is 0 Å². The molecule has 124 valence electrons. The van der Waals surface area contributed by atoms with Gasteiger partial charge >= 0.3 is 6.15 Å². The third-order valence-electron chi connectivity index (χ3n) is 5.69. The van der Waals surface area contributed by atoms with Crippen LogP contribution in [0.25, 0.3) is 0 Å². The molecule has 3 heteroatoms. The van der Waals surface area contributed by atoms with E-state index in [4.69, 9.17) is 16.0 Å². The van der Waals surface area contributed by atoms with Crippen LogP contribution in [0.4, 0.5) is 0 Å². The summed E-state index contributed by atoms with van der Waals surface area (Å²) in [5, 5.41) is 0. The van der Waals surface area contributed by atoms with Crippen molar-refractivity contribution in [2.45, 2.75) is 53.9 Å². The lowest BCUT2D eigenvalue weighted by Gasteiger charge is -2.53. The predicted octanol–water partition coefficient (Wildman–Crippen LogP) is 3.96. The maximum atomic E-state index is 12.2. The first-order valence-electron chi connectivity index (χ1n) is 8.15. The van der Waals surface area contributed by atoms with Crippen LogP contribution in [0.3, 0.4) is 0 Å². The van der Waals surface area contributed by atoms with Crippen molar-refractivity contribution in [2.24, 2.45) is 22.7 Å². The molecule has 0 saturated heterocycles. The molecule has 2 aliphatic rings.